The summed E-state index contributed by atoms with van der Waals surface area (Å²) < 4.78 is 0. The molecule has 1 aromatic heterocycles. The Balaban J connectivity index is 2.10. The summed E-state index contributed by atoms with van der Waals surface area (Å²) in [6, 6.07) is 7.71. The number of aryl methyl sites for hydroxylation is 1. The van der Waals surface area contributed by atoms with Gasteiger partial charge < -0.3 is 5.32 Å². The van der Waals surface area contributed by atoms with Gasteiger partial charge in [-0.05, 0) is 30.2 Å². The van der Waals surface area contributed by atoms with E-state index in [-0.39, 0.29) is 5.91 Å². The van der Waals surface area contributed by atoms with Crippen molar-refractivity contribution in [2.75, 3.05) is 5.32 Å². The molecule has 4 heteroatoms. The van der Waals surface area contributed by atoms with Crippen LogP contribution in [0.15, 0.2) is 36.7 Å². The summed E-state index contributed by atoms with van der Waals surface area (Å²) in [5.41, 5.74) is 3.89. The van der Waals surface area contributed by atoms with Crippen LogP contribution in [0.5, 0.6) is 0 Å². The molecule has 0 fully saturated rings. The molecule has 0 aliphatic carbocycles. The van der Waals surface area contributed by atoms with E-state index in [9.17, 15) is 4.79 Å². The molecule has 0 bridgehead atoms. The second kappa shape index (κ2) is 4.42. The van der Waals surface area contributed by atoms with Crippen molar-refractivity contribution in [2.24, 2.45) is 0 Å². The third-order valence-corrected chi connectivity index (χ3v) is 3.37. The van der Waals surface area contributed by atoms with Crippen molar-refractivity contribution >= 4 is 23.2 Å². The Bertz CT molecular complexity index is 611. The lowest BCUT2D eigenvalue weighted by Crippen LogP contribution is -2.18. The van der Waals surface area contributed by atoms with E-state index >= 15 is 0 Å². The molecule has 0 unspecified atom stereocenters. The van der Waals surface area contributed by atoms with E-state index in [1.54, 1.807) is 12.4 Å². The monoisotopic (exact) mass is 258 g/mol. The lowest BCUT2D eigenvalue weighted by atomic mass is 9.97. The predicted octanol–water partition coefficient (Wildman–Crippen LogP) is 3.29. The van der Waals surface area contributed by atoms with E-state index in [1.165, 1.54) is 0 Å². The molecule has 1 N–H and O–H groups in total. The molecule has 0 radical (unpaired) electrons. The molecule has 0 spiro atoms. The number of aromatic nitrogens is 1. The number of hydrogen-bond donors (Lipinski definition) is 1. The molecule has 1 amide bonds. The Hall–Kier alpha value is -1.87. The van der Waals surface area contributed by atoms with Gasteiger partial charge in [-0.2, -0.15) is 0 Å². The first-order valence-corrected chi connectivity index (χ1v) is 6.14. The summed E-state index contributed by atoms with van der Waals surface area (Å²) in [5, 5.41) is 3.47. The molecule has 18 heavy (non-hydrogen) atoms. The molecule has 0 saturated carbocycles. The zero-order valence-corrected chi connectivity index (χ0v) is 10.4. The summed E-state index contributed by atoms with van der Waals surface area (Å²) in [6.45, 7) is 0. The van der Waals surface area contributed by atoms with Crippen molar-refractivity contribution in [1.29, 1.82) is 0 Å². The van der Waals surface area contributed by atoms with Gasteiger partial charge in [0.25, 0.3) is 0 Å². The predicted molar refractivity (Wildman–Crippen MR) is 71.6 cm³/mol. The fourth-order valence-corrected chi connectivity index (χ4v) is 2.42. The minimum absolute atomic E-state index is 0.0488. The van der Waals surface area contributed by atoms with Gasteiger partial charge in [-0.25, -0.2) is 0 Å². The minimum Gasteiger partial charge on any atom is -0.326 e. The molecule has 3 rings (SSSR count). The number of carbonyl (C=O) groups is 1. The largest absolute Gasteiger partial charge is 0.326 e. The van der Waals surface area contributed by atoms with E-state index in [0.717, 1.165) is 28.8 Å². The number of benzene rings is 1. The van der Waals surface area contributed by atoms with Gasteiger partial charge >= 0.3 is 0 Å². The molecular weight excluding hydrogens is 248 g/mol. The SMILES string of the molecule is O=C1CCc2cc(-c3cccnc3)c(Cl)cc2N1. The fourth-order valence-electron chi connectivity index (χ4n) is 2.15. The highest BCUT2D eigenvalue weighted by atomic mass is 35.5. The van der Waals surface area contributed by atoms with Crippen LogP contribution in [0.2, 0.25) is 5.02 Å². The fraction of sp³-hybridized carbons (Fsp3) is 0.143. The first kappa shape index (κ1) is 11.2. The zero-order valence-electron chi connectivity index (χ0n) is 9.61. The van der Waals surface area contributed by atoms with Gasteiger partial charge in [0.1, 0.15) is 0 Å². The highest BCUT2D eigenvalue weighted by Gasteiger charge is 2.17. The third kappa shape index (κ3) is 1.97. The number of carbonyl (C=O) groups excluding carboxylic acids is 1. The average Bonchev–Trinajstić information content (AvgIpc) is 2.39. The lowest BCUT2D eigenvalue weighted by molar-refractivity contribution is -0.116. The second-order valence-electron chi connectivity index (χ2n) is 4.28. The summed E-state index contributed by atoms with van der Waals surface area (Å²) in [4.78, 5) is 15.4. The van der Waals surface area contributed by atoms with Crippen LogP contribution in [0.25, 0.3) is 11.1 Å². The number of nitrogens with one attached hydrogen (secondary N) is 1. The Kier molecular flexibility index (Phi) is 2.76. The number of anilines is 1. The number of rotatable bonds is 1. The Morgan fingerprint density at radius 3 is 2.94 bits per heavy atom. The normalized spacial score (nSPS) is 13.9. The molecule has 90 valence electrons. The van der Waals surface area contributed by atoms with Crippen molar-refractivity contribution in [2.45, 2.75) is 12.8 Å². The maximum absolute atomic E-state index is 11.3. The van der Waals surface area contributed by atoms with Crippen molar-refractivity contribution < 1.29 is 4.79 Å². The van der Waals surface area contributed by atoms with Gasteiger partial charge in [-0.1, -0.05) is 17.7 Å². The van der Waals surface area contributed by atoms with Gasteiger partial charge in [0, 0.05) is 35.6 Å². The smallest absolute Gasteiger partial charge is 0.224 e. The summed E-state index contributed by atoms with van der Waals surface area (Å²) in [5.74, 6) is 0.0488. The van der Waals surface area contributed by atoms with Gasteiger partial charge in [0.05, 0.1) is 5.02 Å². The summed E-state index contributed by atoms with van der Waals surface area (Å²) in [7, 11) is 0. The van der Waals surface area contributed by atoms with Crippen LogP contribution in [0.4, 0.5) is 5.69 Å². The maximum atomic E-state index is 11.3. The Labute approximate surface area is 110 Å². The van der Waals surface area contributed by atoms with E-state index in [4.69, 9.17) is 11.6 Å². The Morgan fingerprint density at radius 2 is 2.17 bits per heavy atom. The molecule has 2 heterocycles. The van der Waals surface area contributed by atoms with Crippen molar-refractivity contribution in [3.8, 4) is 11.1 Å². The number of fused-ring (bicyclic) bond motifs is 1. The van der Waals surface area contributed by atoms with E-state index < -0.39 is 0 Å². The quantitative estimate of drug-likeness (QED) is 0.853. The van der Waals surface area contributed by atoms with E-state index in [1.807, 2.05) is 24.3 Å². The molecule has 1 aliphatic rings. The molecule has 3 nitrogen and oxygen atoms in total. The maximum Gasteiger partial charge on any atom is 0.224 e. The summed E-state index contributed by atoms with van der Waals surface area (Å²) in [6.07, 6.45) is 4.80. The molecule has 1 aliphatic heterocycles. The zero-order chi connectivity index (χ0) is 12.5. The number of pyridine rings is 1. The second-order valence-corrected chi connectivity index (χ2v) is 4.69. The van der Waals surface area contributed by atoms with Gasteiger partial charge in [0.2, 0.25) is 5.91 Å². The van der Waals surface area contributed by atoms with Crippen LogP contribution in [0.3, 0.4) is 0 Å². The van der Waals surface area contributed by atoms with Gasteiger partial charge in [-0.3, -0.25) is 9.78 Å². The third-order valence-electron chi connectivity index (χ3n) is 3.06. The van der Waals surface area contributed by atoms with Crippen molar-refractivity contribution in [3.63, 3.8) is 0 Å². The number of amides is 1. The molecule has 0 saturated heterocycles. The van der Waals surface area contributed by atoms with E-state index in [0.29, 0.717) is 11.4 Å². The van der Waals surface area contributed by atoms with Crippen molar-refractivity contribution in [1.82, 2.24) is 4.98 Å². The van der Waals surface area contributed by atoms with Crippen LogP contribution >= 0.6 is 11.6 Å². The van der Waals surface area contributed by atoms with Gasteiger partial charge in [-0.15, -0.1) is 0 Å². The highest BCUT2D eigenvalue weighted by molar-refractivity contribution is 6.33. The highest BCUT2D eigenvalue weighted by Crippen LogP contribution is 2.34. The number of hydrogen-bond acceptors (Lipinski definition) is 2. The molecule has 1 aromatic carbocycles. The average molecular weight is 259 g/mol. The van der Waals surface area contributed by atoms with Crippen LogP contribution in [-0.2, 0) is 11.2 Å². The van der Waals surface area contributed by atoms with E-state index in [2.05, 4.69) is 10.3 Å². The number of nitrogens with zero attached hydrogens (tertiary/aromatic N) is 1. The van der Waals surface area contributed by atoms with Gasteiger partial charge in [0.15, 0.2) is 0 Å². The number of halogens is 1. The topological polar surface area (TPSA) is 42.0 Å². The first-order valence-electron chi connectivity index (χ1n) is 5.77. The van der Waals surface area contributed by atoms with Crippen molar-refractivity contribution in [3.05, 3.63) is 47.2 Å². The van der Waals surface area contributed by atoms with Crippen LogP contribution in [0.1, 0.15) is 12.0 Å². The summed E-state index contributed by atoms with van der Waals surface area (Å²) >= 11 is 6.26. The van der Waals surface area contributed by atoms with Crippen LogP contribution in [0, 0.1) is 0 Å². The first-order chi connectivity index (χ1) is 8.74. The van der Waals surface area contributed by atoms with Crippen LogP contribution in [-0.4, -0.2) is 10.9 Å². The molecule has 2 aromatic rings. The molecular formula is C14H11ClN2O. The lowest BCUT2D eigenvalue weighted by Gasteiger charge is -2.18. The standard InChI is InChI=1S/C14H11ClN2O/c15-12-7-13-9(3-4-14(18)17-13)6-11(12)10-2-1-5-16-8-10/h1-2,5-8H,3-4H2,(H,17,18). The Morgan fingerprint density at radius 1 is 1.28 bits per heavy atom. The molecule has 0 atom stereocenters. The minimum atomic E-state index is 0.0488. The van der Waals surface area contributed by atoms with Crippen LogP contribution < -0.4 is 5.32 Å².